The SMILES string of the molecule is Cc1cc(OCCCC(=O)NCc2ccnc(-n3cccn3)c2)ccc1Cl. The molecule has 0 radical (unpaired) electrons. The van der Waals surface area contributed by atoms with E-state index in [-0.39, 0.29) is 5.91 Å². The lowest BCUT2D eigenvalue weighted by atomic mass is 10.2. The van der Waals surface area contributed by atoms with Crippen LogP contribution in [0.4, 0.5) is 0 Å². The Bertz CT molecular complexity index is 897. The topological polar surface area (TPSA) is 69.0 Å². The number of carbonyl (C=O) groups is 1. The number of amides is 1. The standard InChI is InChI=1S/C20H21ClN4O2/c1-15-12-17(5-6-18(15)21)27-11-2-4-20(26)23-14-16-7-9-22-19(13-16)25-10-3-8-24-25/h3,5-10,12-13H,2,4,11,14H2,1H3,(H,23,26). The predicted molar refractivity (Wildman–Crippen MR) is 104 cm³/mol. The molecule has 1 aromatic carbocycles. The largest absolute Gasteiger partial charge is 0.494 e. The summed E-state index contributed by atoms with van der Waals surface area (Å²) in [6.07, 6.45) is 6.28. The first-order valence-corrected chi connectivity index (χ1v) is 9.10. The molecule has 1 amide bonds. The molecule has 1 N–H and O–H groups in total. The first-order valence-electron chi connectivity index (χ1n) is 8.72. The molecule has 3 aromatic rings. The molecule has 0 fully saturated rings. The maximum atomic E-state index is 12.0. The molecule has 0 saturated heterocycles. The maximum absolute atomic E-state index is 12.0. The molecule has 7 heteroatoms. The highest BCUT2D eigenvalue weighted by Gasteiger charge is 2.05. The highest BCUT2D eigenvalue weighted by atomic mass is 35.5. The van der Waals surface area contributed by atoms with E-state index in [0.29, 0.717) is 31.0 Å². The molecule has 0 aliphatic rings. The van der Waals surface area contributed by atoms with Crippen LogP contribution in [0.1, 0.15) is 24.0 Å². The Morgan fingerprint density at radius 1 is 1.26 bits per heavy atom. The van der Waals surface area contributed by atoms with Gasteiger partial charge in [0.2, 0.25) is 5.91 Å². The molecule has 0 atom stereocenters. The molecule has 0 spiro atoms. The third kappa shape index (κ3) is 5.56. The average Bonchev–Trinajstić information content (AvgIpc) is 3.21. The zero-order valence-electron chi connectivity index (χ0n) is 15.1. The third-order valence-corrected chi connectivity index (χ3v) is 4.41. The van der Waals surface area contributed by atoms with Crippen molar-refractivity contribution in [1.29, 1.82) is 0 Å². The molecular weight excluding hydrogens is 364 g/mol. The van der Waals surface area contributed by atoms with Crippen molar-refractivity contribution in [2.24, 2.45) is 0 Å². The lowest BCUT2D eigenvalue weighted by Crippen LogP contribution is -2.23. The van der Waals surface area contributed by atoms with E-state index in [4.69, 9.17) is 16.3 Å². The number of nitrogens with zero attached hydrogens (tertiary/aromatic N) is 3. The van der Waals surface area contributed by atoms with Crippen LogP contribution in [0.25, 0.3) is 5.82 Å². The molecule has 2 heterocycles. The highest BCUT2D eigenvalue weighted by molar-refractivity contribution is 6.31. The molecule has 2 aromatic heterocycles. The van der Waals surface area contributed by atoms with E-state index in [1.807, 2.05) is 49.5 Å². The number of ether oxygens (including phenoxy) is 1. The van der Waals surface area contributed by atoms with E-state index < -0.39 is 0 Å². The minimum atomic E-state index is -0.0108. The molecular formula is C20H21ClN4O2. The number of benzene rings is 1. The van der Waals surface area contributed by atoms with Crippen molar-refractivity contribution in [3.8, 4) is 11.6 Å². The summed E-state index contributed by atoms with van der Waals surface area (Å²) in [6.45, 7) is 2.86. The fraction of sp³-hybridized carbons (Fsp3) is 0.250. The van der Waals surface area contributed by atoms with Crippen LogP contribution in [0.3, 0.4) is 0 Å². The molecule has 140 valence electrons. The number of pyridine rings is 1. The molecule has 0 unspecified atom stereocenters. The van der Waals surface area contributed by atoms with Crippen LogP contribution >= 0.6 is 11.6 Å². The van der Waals surface area contributed by atoms with Crippen molar-refractivity contribution in [2.75, 3.05) is 6.61 Å². The van der Waals surface area contributed by atoms with Crippen LogP contribution < -0.4 is 10.1 Å². The van der Waals surface area contributed by atoms with Gasteiger partial charge >= 0.3 is 0 Å². The van der Waals surface area contributed by atoms with E-state index in [9.17, 15) is 4.79 Å². The Morgan fingerprint density at radius 2 is 2.15 bits per heavy atom. The highest BCUT2D eigenvalue weighted by Crippen LogP contribution is 2.21. The summed E-state index contributed by atoms with van der Waals surface area (Å²) >= 11 is 5.99. The summed E-state index contributed by atoms with van der Waals surface area (Å²) in [5.41, 5.74) is 1.94. The van der Waals surface area contributed by atoms with Gasteiger partial charge < -0.3 is 10.1 Å². The van der Waals surface area contributed by atoms with Gasteiger partial charge in [-0.05, 0) is 60.9 Å². The zero-order chi connectivity index (χ0) is 19.1. The van der Waals surface area contributed by atoms with E-state index in [0.717, 1.165) is 22.7 Å². The van der Waals surface area contributed by atoms with Gasteiger partial charge in [-0.1, -0.05) is 11.6 Å². The molecule has 0 bridgehead atoms. The number of rotatable bonds is 8. The first-order chi connectivity index (χ1) is 13.1. The van der Waals surface area contributed by atoms with Crippen LogP contribution in [-0.4, -0.2) is 27.3 Å². The van der Waals surface area contributed by atoms with Crippen LogP contribution in [0.2, 0.25) is 5.02 Å². The minimum absolute atomic E-state index is 0.0108. The number of hydrogen-bond donors (Lipinski definition) is 1. The number of hydrogen-bond acceptors (Lipinski definition) is 4. The number of aromatic nitrogens is 3. The Hall–Kier alpha value is -2.86. The quantitative estimate of drug-likeness (QED) is 0.601. The van der Waals surface area contributed by atoms with E-state index in [1.165, 1.54) is 0 Å². The van der Waals surface area contributed by atoms with Gasteiger partial charge in [-0.2, -0.15) is 5.10 Å². The van der Waals surface area contributed by atoms with Crippen LogP contribution in [0, 0.1) is 6.92 Å². The van der Waals surface area contributed by atoms with Crippen molar-refractivity contribution < 1.29 is 9.53 Å². The van der Waals surface area contributed by atoms with Crippen LogP contribution in [0.5, 0.6) is 5.75 Å². The first kappa shape index (κ1) is 18.9. The normalized spacial score (nSPS) is 10.6. The lowest BCUT2D eigenvalue weighted by Gasteiger charge is -2.09. The fourth-order valence-electron chi connectivity index (χ4n) is 2.52. The molecule has 0 saturated carbocycles. The minimum Gasteiger partial charge on any atom is -0.494 e. The molecule has 0 aliphatic carbocycles. The molecule has 6 nitrogen and oxygen atoms in total. The number of aryl methyl sites for hydroxylation is 1. The van der Waals surface area contributed by atoms with Gasteiger partial charge in [0.05, 0.1) is 6.61 Å². The second kappa shape index (κ2) is 9.19. The number of carbonyl (C=O) groups excluding carboxylic acids is 1. The summed E-state index contributed by atoms with van der Waals surface area (Å²) in [7, 11) is 0. The van der Waals surface area contributed by atoms with Crippen molar-refractivity contribution in [1.82, 2.24) is 20.1 Å². The summed E-state index contributed by atoms with van der Waals surface area (Å²) in [4.78, 5) is 16.3. The second-order valence-corrected chi connectivity index (χ2v) is 6.52. The summed E-state index contributed by atoms with van der Waals surface area (Å²) < 4.78 is 7.34. The van der Waals surface area contributed by atoms with E-state index in [2.05, 4.69) is 15.4 Å². The summed E-state index contributed by atoms with van der Waals surface area (Å²) in [5.74, 6) is 1.47. The average molecular weight is 385 g/mol. The van der Waals surface area contributed by atoms with Crippen LogP contribution in [-0.2, 0) is 11.3 Å². The Morgan fingerprint density at radius 3 is 2.93 bits per heavy atom. The van der Waals surface area contributed by atoms with Gasteiger partial charge in [-0.25, -0.2) is 9.67 Å². The molecule has 27 heavy (non-hydrogen) atoms. The monoisotopic (exact) mass is 384 g/mol. The van der Waals surface area contributed by atoms with Crippen LogP contribution in [0.15, 0.2) is 55.0 Å². The Balaban J connectivity index is 1.40. The van der Waals surface area contributed by atoms with Gasteiger partial charge in [0, 0.05) is 36.6 Å². The molecule has 0 aliphatic heterocycles. The van der Waals surface area contributed by atoms with Gasteiger partial charge in [-0.15, -0.1) is 0 Å². The smallest absolute Gasteiger partial charge is 0.220 e. The van der Waals surface area contributed by atoms with Gasteiger partial charge in [0.15, 0.2) is 5.82 Å². The number of nitrogens with one attached hydrogen (secondary N) is 1. The van der Waals surface area contributed by atoms with Crippen molar-refractivity contribution in [2.45, 2.75) is 26.3 Å². The lowest BCUT2D eigenvalue weighted by molar-refractivity contribution is -0.121. The maximum Gasteiger partial charge on any atom is 0.220 e. The summed E-state index contributed by atoms with van der Waals surface area (Å²) in [5, 5.41) is 7.79. The van der Waals surface area contributed by atoms with Gasteiger partial charge in [-0.3, -0.25) is 4.79 Å². The van der Waals surface area contributed by atoms with E-state index in [1.54, 1.807) is 17.1 Å². The van der Waals surface area contributed by atoms with Gasteiger partial charge in [0.1, 0.15) is 5.75 Å². The Kier molecular flexibility index (Phi) is 6.44. The van der Waals surface area contributed by atoms with E-state index >= 15 is 0 Å². The fourth-order valence-corrected chi connectivity index (χ4v) is 2.64. The number of halogens is 1. The van der Waals surface area contributed by atoms with Gasteiger partial charge in [0.25, 0.3) is 0 Å². The Labute approximate surface area is 163 Å². The second-order valence-electron chi connectivity index (χ2n) is 6.11. The summed E-state index contributed by atoms with van der Waals surface area (Å²) in [6, 6.07) is 11.1. The predicted octanol–water partition coefficient (Wildman–Crippen LogP) is 3.70. The molecule has 3 rings (SSSR count). The van der Waals surface area contributed by atoms with Crippen molar-refractivity contribution >= 4 is 17.5 Å². The van der Waals surface area contributed by atoms with Crippen molar-refractivity contribution in [3.05, 3.63) is 71.1 Å². The zero-order valence-corrected chi connectivity index (χ0v) is 15.8. The third-order valence-electron chi connectivity index (χ3n) is 3.99. The van der Waals surface area contributed by atoms with Crippen molar-refractivity contribution in [3.63, 3.8) is 0 Å².